The molecule has 0 aliphatic carbocycles. The highest BCUT2D eigenvalue weighted by Crippen LogP contribution is 2.29. The molecule has 2 unspecified atom stereocenters. The normalized spacial score (nSPS) is 15.4. The molecule has 0 amide bonds. The van der Waals surface area contributed by atoms with Gasteiger partial charge in [-0.25, -0.2) is 0 Å². The van der Waals surface area contributed by atoms with E-state index in [0.29, 0.717) is 31.6 Å². The molecule has 0 aliphatic rings. The molecule has 8 N–H and O–H groups in total. The van der Waals surface area contributed by atoms with Crippen LogP contribution in [0.2, 0.25) is 0 Å². The Morgan fingerprint density at radius 2 is 1.34 bits per heavy atom. The Morgan fingerprint density at radius 3 is 1.84 bits per heavy atom. The van der Waals surface area contributed by atoms with E-state index in [2.05, 4.69) is 92.8 Å². The van der Waals surface area contributed by atoms with Crippen molar-refractivity contribution >= 4 is 0 Å². The molecule has 230 valence electrons. The number of hydrogen-bond donors (Lipinski definition) is 5. The van der Waals surface area contributed by atoms with E-state index in [0.717, 1.165) is 78.4 Å². The maximum Gasteiger partial charge on any atom is 0.0691 e. The van der Waals surface area contributed by atoms with Crippen molar-refractivity contribution in [2.45, 2.75) is 79.4 Å². The third-order valence-electron chi connectivity index (χ3n) is 8.38. The van der Waals surface area contributed by atoms with E-state index in [1.165, 1.54) is 6.42 Å². The van der Waals surface area contributed by atoms with Crippen LogP contribution in [0.3, 0.4) is 0 Å². The van der Waals surface area contributed by atoms with Gasteiger partial charge in [0.2, 0.25) is 0 Å². The number of nitrogens with two attached hydrogens (primary N) is 3. The summed E-state index contributed by atoms with van der Waals surface area (Å²) >= 11 is 0. The molecule has 38 heavy (non-hydrogen) atoms. The molecular weight excluding hydrogens is 474 g/mol. The average molecular weight is 544 g/mol. The van der Waals surface area contributed by atoms with Gasteiger partial charge in [0, 0.05) is 84.7 Å². The highest BCUT2D eigenvalue weighted by molar-refractivity contribution is 4.87. The van der Waals surface area contributed by atoms with E-state index in [9.17, 15) is 0 Å². The first-order chi connectivity index (χ1) is 17.9. The van der Waals surface area contributed by atoms with E-state index in [4.69, 9.17) is 17.2 Å². The lowest BCUT2D eigenvalue weighted by atomic mass is 9.81. The van der Waals surface area contributed by atoms with Gasteiger partial charge in [-0.05, 0) is 65.1 Å². The molecule has 0 heterocycles. The van der Waals surface area contributed by atoms with Crippen molar-refractivity contribution < 1.29 is 0 Å². The van der Waals surface area contributed by atoms with E-state index in [1.807, 2.05) is 0 Å². The number of nitrogens with zero attached hydrogens (tertiary/aromatic N) is 4. The van der Waals surface area contributed by atoms with Crippen LogP contribution in [-0.2, 0) is 0 Å². The molecule has 0 saturated heterocycles. The van der Waals surface area contributed by atoms with Gasteiger partial charge in [0.15, 0.2) is 0 Å². The van der Waals surface area contributed by atoms with Crippen LogP contribution in [0.1, 0.15) is 67.7 Å². The standard InChI is InChI=1S/C29H69N9/c1-10-29(7,38(22-15-32)18-11-26(2)3)34-25-37(27(4)28(5,6)12-19-35(8)9)24-17-33-16-23-36(20-13-30)21-14-31/h26-27,33-34H,10-25,30-32H2,1-9H3. The second kappa shape index (κ2) is 20.5. The van der Waals surface area contributed by atoms with Crippen LogP contribution in [0, 0.1) is 11.3 Å². The summed E-state index contributed by atoms with van der Waals surface area (Å²) in [4.78, 5) is 9.84. The summed E-state index contributed by atoms with van der Waals surface area (Å²) in [5.74, 6) is 0.683. The molecule has 0 fully saturated rings. The quantitative estimate of drug-likeness (QED) is 0.0862. The SMILES string of the molecule is CCC(C)(NCN(CCNCCN(CCN)CCN)C(C)C(C)(C)CCN(C)C)N(CCN)CCC(C)C. The average Bonchev–Trinajstić information content (AvgIpc) is 2.86. The van der Waals surface area contributed by atoms with Crippen molar-refractivity contribution in [2.24, 2.45) is 28.5 Å². The van der Waals surface area contributed by atoms with Crippen LogP contribution in [0.5, 0.6) is 0 Å². The van der Waals surface area contributed by atoms with Crippen LogP contribution in [0.15, 0.2) is 0 Å². The molecule has 0 aromatic carbocycles. The Bertz CT molecular complexity index is 552. The first kappa shape index (κ1) is 37.6. The second-order valence-corrected chi connectivity index (χ2v) is 12.6. The lowest BCUT2D eigenvalue weighted by molar-refractivity contribution is 0.0210. The summed E-state index contributed by atoms with van der Waals surface area (Å²) in [6.07, 6.45) is 3.38. The summed E-state index contributed by atoms with van der Waals surface area (Å²) in [6.45, 7) is 28.1. The molecule has 0 aliphatic heterocycles. The van der Waals surface area contributed by atoms with Crippen LogP contribution in [0.25, 0.3) is 0 Å². The van der Waals surface area contributed by atoms with Crippen LogP contribution in [0.4, 0.5) is 0 Å². The molecule has 0 aromatic heterocycles. The van der Waals surface area contributed by atoms with Crippen molar-refractivity contribution in [2.75, 3.05) is 99.3 Å². The topological polar surface area (TPSA) is 115 Å². The van der Waals surface area contributed by atoms with Gasteiger partial charge in [-0.1, -0.05) is 34.6 Å². The Morgan fingerprint density at radius 1 is 0.763 bits per heavy atom. The molecule has 2 atom stereocenters. The van der Waals surface area contributed by atoms with E-state index >= 15 is 0 Å². The number of nitrogens with one attached hydrogen (secondary N) is 2. The van der Waals surface area contributed by atoms with E-state index in [1.54, 1.807) is 0 Å². The van der Waals surface area contributed by atoms with Gasteiger partial charge in [-0.3, -0.25) is 20.0 Å². The third-order valence-corrected chi connectivity index (χ3v) is 8.38. The van der Waals surface area contributed by atoms with Gasteiger partial charge in [-0.15, -0.1) is 0 Å². The highest BCUT2D eigenvalue weighted by atomic mass is 15.4. The monoisotopic (exact) mass is 544 g/mol. The van der Waals surface area contributed by atoms with E-state index in [-0.39, 0.29) is 11.1 Å². The molecule has 0 spiro atoms. The van der Waals surface area contributed by atoms with Crippen LogP contribution in [-0.4, -0.2) is 131 Å². The predicted molar refractivity (Wildman–Crippen MR) is 167 cm³/mol. The van der Waals surface area contributed by atoms with Gasteiger partial charge in [0.05, 0.1) is 5.66 Å². The summed E-state index contributed by atoms with van der Waals surface area (Å²) in [6, 6.07) is 0.433. The fourth-order valence-electron chi connectivity index (χ4n) is 4.82. The zero-order valence-electron chi connectivity index (χ0n) is 27.0. The summed E-state index contributed by atoms with van der Waals surface area (Å²) < 4.78 is 0. The Kier molecular flexibility index (Phi) is 20.3. The zero-order chi connectivity index (χ0) is 29.2. The maximum absolute atomic E-state index is 6.05. The fraction of sp³-hybridized carbons (Fsp3) is 1.00. The second-order valence-electron chi connectivity index (χ2n) is 12.6. The molecule has 0 radical (unpaired) electrons. The molecule has 0 saturated carbocycles. The van der Waals surface area contributed by atoms with Crippen molar-refractivity contribution in [3.8, 4) is 0 Å². The van der Waals surface area contributed by atoms with Gasteiger partial charge in [0.25, 0.3) is 0 Å². The molecule has 9 nitrogen and oxygen atoms in total. The summed E-state index contributed by atoms with van der Waals surface area (Å²) in [5, 5.41) is 7.67. The van der Waals surface area contributed by atoms with Gasteiger partial charge < -0.3 is 27.4 Å². The minimum absolute atomic E-state index is 0.0849. The van der Waals surface area contributed by atoms with Crippen molar-refractivity contribution in [3.05, 3.63) is 0 Å². The lowest BCUT2D eigenvalue weighted by Crippen LogP contribution is -2.62. The van der Waals surface area contributed by atoms with Crippen molar-refractivity contribution in [3.63, 3.8) is 0 Å². The summed E-state index contributed by atoms with van der Waals surface area (Å²) in [7, 11) is 4.33. The third kappa shape index (κ3) is 15.4. The first-order valence-corrected chi connectivity index (χ1v) is 15.3. The minimum Gasteiger partial charge on any atom is -0.329 e. The van der Waals surface area contributed by atoms with Gasteiger partial charge in [-0.2, -0.15) is 0 Å². The summed E-state index contributed by atoms with van der Waals surface area (Å²) in [5.41, 5.74) is 17.7. The number of hydrogen-bond acceptors (Lipinski definition) is 9. The Labute approximate surface area is 237 Å². The zero-order valence-corrected chi connectivity index (χ0v) is 27.0. The molecular formula is C29H69N9. The van der Waals surface area contributed by atoms with Crippen LogP contribution >= 0.6 is 0 Å². The maximum atomic E-state index is 6.05. The largest absolute Gasteiger partial charge is 0.329 e. The molecule has 9 heteroatoms. The Hall–Kier alpha value is -0.360. The predicted octanol–water partition coefficient (Wildman–Crippen LogP) is 1.44. The van der Waals surface area contributed by atoms with Crippen LogP contribution < -0.4 is 27.8 Å². The molecule has 0 rings (SSSR count). The highest BCUT2D eigenvalue weighted by Gasteiger charge is 2.33. The van der Waals surface area contributed by atoms with Gasteiger partial charge >= 0.3 is 0 Å². The first-order valence-electron chi connectivity index (χ1n) is 15.3. The Balaban J connectivity index is 5.40. The van der Waals surface area contributed by atoms with E-state index < -0.39 is 0 Å². The van der Waals surface area contributed by atoms with Crippen molar-refractivity contribution in [1.29, 1.82) is 0 Å². The molecule has 0 aromatic rings. The fourth-order valence-corrected chi connectivity index (χ4v) is 4.82. The smallest absolute Gasteiger partial charge is 0.0691 e. The van der Waals surface area contributed by atoms with Crippen molar-refractivity contribution in [1.82, 2.24) is 30.2 Å². The minimum atomic E-state index is -0.0849. The lowest BCUT2D eigenvalue weighted by Gasteiger charge is -2.46. The molecule has 0 bridgehead atoms. The number of rotatable bonds is 25. The van der Waals surface area contributed by atoms with Gasteiger partial charge in [0.1, 0.15) is 0 Å².